The SMILES string of the molecule is Clc1ccc2c(NC[C@@H]3CCC[C@H]3Cl)ccnc2c1. The molecule has 0 aliphatic heterocycles. The fourth-order valence-corrected chi connectivity index (χ4v) is 3.27. The molecular weight excluding hydrogens is 279 g/mol. The lowest BCUT2D eigenvalue weighted by molar-refractivity contribution is 0.586. The summed E-state index contributed by atoms with van der Waals surface area (Å²) < 4.78 is 0. The number of alkyl halides is 1. The van der Waals surface area contributed by atoms with Crippen molar-refractivity contribution in [3.05, 3.63) is 35.5 Å². The van der Waals surface area contributed by atoms with Gasteiger partial charge in [-0.05, 0) is 43.0 Å². The first-order chi connectivity index (χ1) is 9.24. The van der Waals surface area contributed by atoms with Crippen molar-refractivity contribution in [3.8, 4) is 0 Å². The molecule has 1 heterocycles. The molecule has 1 fully saturated rings. The van der Waals surface area contributed by atoms with Gasteiger partial charge in [0.1, 0.15) is 0 Å². The van der Waals surface area contributed by atoms with Crippen molar-refractivity contribution >= 4 is 39.8 Å². The molecule has 2 atom stereocenters. The van der Waals surface area contributed by atoms with Gasteiger partial charge in [0.2, 0.25) is 0 Å². The van der Waals surface area contributed by atoms with Crippen molar-refractivity contribution in [2.75, 3.05) is 11.9 Å². The Balaban J connectivity index is 1.81. The zero-order chi connectivity index (χ0) is 13.2. The number of rotatable bonds is 3. The van der Waals surface area contributed by atoms with Gasteiger partial charge in [0.15, 0.2) is 0 Å². The first kappa shape index (κ1) is 13.0. The molecule has 1 aliphatic rings. The third-order valence-corrected chi connectivity index (χ3v) is 4.64. The predicted molar refractivity (Wildman–Crippen MR) is 82.2 cm³/mol. The summed E-state index contributed by atoms with van der Waals surface area (Å²) in [5.41, 5.74) is 2.03. The van der Waals surface area contributed by atoms with Crippen molar-refractivity contribution in [2.45, 2.75) is 24.6 Å². The van der Waals surface area contributed by atoms with E-state index in [1.165, 1.54) is 12.8 Å². The molecule has 3 rings (SSSR count). The third-order valence-electron chi connectivity index (χ3n) is 3.83. The molecule has 2 nitrogen and oxygen atoms in total. The molecule has 0 spiro atoms. The topological polar surface area (TPSA) is 24.9 Å². The molecule has 0 unspecified atom stereocenters. The lowest BCUT2D eigenvalue weighted by Crippen LogP contribution is -2.18. The lowest BCUT2D eigenvalue weighted by atomic mass is 10.1. The molecule has 0 saturated heterocycles. The summed E-state index contributed by atoms with van der Waals surface area (Å²) in [4.78, 5) is 4.35. The van der Waals surface area contributed by atoms with E-state index in [2.05, 4.69) is 10.3 Å². The third kappa shape index (κ3) is 2.80. The highest BCUT2D eigenvalue weighted by atomic mass is 35.5. The molecule has 4 heteroatoms. The van der Waals surface area contributed by atoms with E-state index in [1.54, 1.807) is 0 Å². The number of anilines is 1. The smallest absolute Gasteiger partial charge is 0.0737 e. The fraction of sp³-hybridized carbons (Fsp3) is 0.400. The molecule has 1 aromatic carbocycles. The van der Waals surface area contributed by atoms with Crippen molar-refractivity contribution < 1.29 is 0 Å². The summed E-state index contributed by atoms with van der Waals surface area (Å²) in [6.07, 6.45) is 5.41. The van der Waals surface area contributed by atoms with Crippen LogP contribution in [0.15, 0.2) is 30.5 Å². The summed E-state index contributed by atoms with van der Waals surface area (Å²) in [6.45, 7) is 0.926. The second-order valence-corrected chi connectivity index (χ2v) is 6.10. The summed E-state index contributed by atoms with van der Waals surface area (Å²) >= 11 is 12.3. The van der Waals surface area contributed by atoms with Gasteiger partial charge in [-0.15, -0.1) is 11.6 Å². The number of hydrogen-bond acceptors (Lipinski definition) is 2. The highest BCUT2D eigenvalue weighted by Crippen LogP contribution is 2.31. The van der Waals surface area contributed by atoms with Crippen LogP contribution in [0.2, 0.25) is 5.02 Å². The zero-order valence-corrected chi connectivity index (χ0v) is 12.1. The Kier molecular flexibility index (Phi) is 3.81. The van der Waals surface area contributed by atoms with Crippen LogP contribution in [0.1, 0.15) is 19.3 Å². The van der Waals surface area contributed by atoms with Gasteiger partial charge in [-0.25, -0.2) is 0 Å². The number of hydrogen-bond donors (Lipinski definition) is 1. The molecule has 100 valence electrons. The fourth-order valence-electron chi connectivity index (χ4n) is 2.74. The Hall–Kier alpha value is -0.990. The van der Waals surface area contributed by atoms with E-state index in [9.17, 15) is 0 Å². The number of halogens is 2. The molecule has 1 aromatic heterocycles. The summed E-state index contributed by atoms with van der Waals surface area (Å²) in [6, 6.07) is 7.81. The molecule has 0 amide bonds. The van der Waals surface area contributed by atoms with Crippen molar-refractivity contribution in [1.29, 1.82) is 0 Å². The maximum atomic E-state index is 6.31. The van der Waals surface area contributed by atoms with Gasteiger partial charge in [0.25, 0.3) is 0 Å². The van der Waals surface area contributed by atoms with E-state index in [0.29, 0.717) is 16.3 Å². The summed E-state index contributed by atoms with van der Waals surface area (Å²) in [5.74, 6) is 0.567. The van der Waals surface area contributed by atoms with Crippen LogP contribution < -0.4 is 5.32 Å². The summed E-state index contributed by atoms with van der Waals surface area (Å²) in [5, 5.41) is 5.65. The van der Waals surface area contributed by atoms with E-state index >= 15 is 0 Å². The number of pyridine rings is 1. The molecule has 0 bridgehead atoms. The maximum Gasteiger partial charge on any atom is 0.0737 e. The quantitative estimate of drug-likeness (QED) is 0.830. The predicted octanol–water partition coefficient (Wildman–Crippen LogP) is 4.71. The first-order valence-electron chi connectivity index (χ1n) is 6.66. The minimum Gasteiger partial charge on any atom is -0.384 e. The number of nitrogens with zero attached hydrogens (tertiary/aromatic N) is 1. The Labute approximate surface area is 123 Å². The summed E-state index contributed by atoms with van der Waals surface area (Å²) in [7, 11) is 0. The van der Waals surface area contributed by atoms with Crippen LogP contribution in [0.5, 0.6) is 0 Å². The molecular formula is C15H16Cl2N2. The number of nitrogens with one attached hydrogen (secondary N) is 1. The highest BCUT2D eigenvalue weighted by Gasteiger charge is 2.24. The number of aromatic nitrogens is 1. The van der Waals surface area contributed by atoms with E-state index in [1.807, 2.05) is 30.5 Å². The van der Waals surface area contributed by atoms with Gasteiger partial charge < -0.3 is 5.32 Å². The van der Waals surface area contributed by atoms with Gasteiger partial charge in [-0.2, -0.15) is 0 Å². The average Bonchev–Trinajstić information content (AvgIpc) is 2.81. The Morgan fingerprint density at radius 3 is 2.95 bits per heavy atom. The average molecular weight is 295 g/mol. The standard InChI is InChI=1S/C15H16Cl2N2/c16-11-4-5-12-14(6-7-18-15(12)8-11)19-9-10-2-1-3-13(10)17/h4-8,10,13H,1-3,9H2,(H,18,19)/t10-,13+/m0/s1. The molecule has 1 aliphatic carbocycles. The van der Waals surface area contributed by atoms with Crippen LogP contribution in [0, 0.1) is 5.92 Å². The Morgan fingerprint density at radius 2 is 2.16 bits per heavy atom. The van der Waals surface area contributed by atoms with Crippen LogP contribution >= 0.6 is 23.2 Å². The molecule has 2 aromatic rings. The van der Waals surface area contributed by atoms with Crippen LogP contribution in [0.25, 0.3) is 10.9 Å². The van der Waals surface area contributed by atoms with Gasteiger partial charge in [-0.1, -0.05) is 18.0 Å². The monoisotopic (exact) mass is 294 g/mol. The van der Waals surface area contributed by atoms with Crippen LogP contribution in [-0.2, 0) is 0 Å². The highest BCUT2D eigenvalue weighted by molar-refractivity contribution is 6.31. The van der Waals surface area contributed by atoms with Gasteiger partial charge in [0, 0.05) is 34.2 Å². The van der Waals surface area contributed by atoms with E-state index in [0.717, 1.165) is 29.6 Å². The largest absolute Gasteiger partial charge is 0.384 e. The first-order valence-corrected chi connectivity index (χ1v) is 7.48. The normalized spacial score (nSPS) is 22.8. The van der Waals surface area contributed by atoms with Crippen molar-refractivity contribution in [3.63, 3.8) is 0 Å². The molecule has 0 radical (unpaired) electrons. The van der Waals surface area contributed by atoms with E-state index < -0.39 is 0 Å². The second-order valence-electron chi connectivity index (χ2n) is 5.11. The zero-order valence-electron chi connectivity index (χ0n) is 10.6. The van der Waals surface area contributed by atoms with Gasteiger partial charge in [-0.3, -0.25) is 4.98 Å². The minimum atomic E-state index is 0.315. The van der Waals surface area contributed by atoms with Crippen molar-refractivity contribution in [1.82, 2.24) is 4.98 Å². The van der Waals surface area contributed by atoms with Crippen LogP contribution in [0.4, 0.5) is 5.69 Å². The molecule has 1 N–H and O–H groups in total. The van der Waals surface area contributed by atoms with E-state index in [4.69, 9.17) is 23.2 Å². The van der Waals surface area contributed by atoms with Crippen LogP contribution in [-0.4, -0.2) is 16.9 Å². The molecule has 19 heavy (non-hydrogen) atoms. The maximum absolute atomic E-state index is 6.31. The number of fused-ring (bicyclic) bond motifs is 1. The van der Waals surface area contributed by atoms with Crippen LogP contribution in [0.3, 0.4) is 0 Å². The van der Waals surface area contributed by atoms with Crippen molar-refractivity contribution in [2.24, 2.45) is 5.92 Å². The van der Waals surface area contributed by atoms with E-state index in [-0.39, 0.29) is 0 Å². The van der Waals surface area contributed by atoms with Gasteiger partial charge >= 0.3 is 0 Å². The Bertz CT molecular complexity index is 585. The minimum absolute atomic E-state index is 0.315. The second kappa shape index (κ2) is 5.56. The lowest BCUT2D eigenvalue weighted by Gasteiger charge is -2.16. The molecule has 1 saturated carbocycles. The Morgan fingerprint density at radius 1 is 1.26 bits per heavy atom. The number of benzene rings is 1. The van der Waals surface area contributed by atoms with Gasteiger partial charge in [0.05, 0.1) is 5.52 Å².